The van der Waals surface area contributed by atoms with Crippen LogP contribution in [0.3, 0.4) is 0 Å². The first-order valence-electron chi connectivity index (χ1n) is 7.49. The van der Waals surface area contributed by atoms with E-state index in [9.17, 15) is 9.59 Å². The predicted molar refractivity (Wildman–Crippen MR) is 86.8 cm³/mol. The molecule has 5 heteroatoms. The second-order valence-electron chi connectivity index (χ2n) is 6.11. The third-order valence-electron chi connectivity index (χ3n) is 3.39. The lowest BCUT2D eigenvalue weighted by molar-refractivity contribution is -0.141. The molecular weight excluding hydrogens is 280 g/mol. The summed E-state index contributed by atoms with van der Waals surface area (Å²) in [7, 11) is 1.62. The van der Waals surface area contributed by atoms with Gasteiger partial charge in [-0.3, -0.25) is 9.59 Å². The first-order chi connectivity index (χ1) is 10.3. The molecule has 0 fully saturated rings. The average molecular weight is 306 g/mol. The monoisotopic (exact) mass is 306 g/mol. The van der Waals surface area contributed by atoms with Gasteiger partial charge in [0.2, 0.25) is 11.8 Å². The van der Waals surface area contributed by atoms with Crippen LogP contribution in [0.1, 0.15) is 33.3 Å². The molecule has 22 heavy (non-hydrogen) atoms. The third-order valence-corrected chi connectivity index (χ3v) is 3.39. The normalized spacial score (nSPS) is 11.2. The highest BCUT2D eigenvalue weighted by Gasteiger charge is 2.35. The maximum absolute atomic E-state index is 12.2. The SMILES string of the molecule is COc1cccc(CCNC(=O)C(C)(C)C(=O)NC(C)C)c1. The van der Waals surface area contributed by atoms with Crippen LogP contribution in [0, 0.1) is 5.41 Å². The quantitative estimate of drug-likeness (QED) is 0.756. The van der Waals surface area contributed by atoms with Gasteiger partial charge in [0.05, 0.1) is 7.11 Å². The van der Waals surface area contributed by atoms with E-state index in [1.807, 2.05) is 38.1 Å². The van der Waals surface area contributed by atoms with Gasteiger partial charge in [-0.1, -0.05) is 12.1 Å². The third kappa shape index (κ3) is 5.06. The summed E-state index contributed by atoms with van der Waals surface area (Å²) in [6, 6.07) is 7.71. The molecule has 1 aromatic rings. The summed E-state index contributed by atoms with van der Waals surface area (Å²) in [5, 5.41) is 5.59. The Morgan fingerprint density at radius 2 is 1.91 bits per heavy atom. The number of hydrogen-bond acceptors (Lipinski definition) is 3. The van der Waals surface area contributed by atoms with Crippen molar-refractivity contribution in [1.82, 2.24) is 10.6 Å². The first-order valence-corrected chi connectivity index (χ1v) is 7.49. The minimum absolute atomic E-state index is 0.0105. The van der Waals surface area contributed by atoms with Gasteiger partial charge in [-0.15, -0.1) is 0 Å². The van der Waals surface area contributed by atoms with Crippen LogP contribution >= 0.6 is 0 Å². The van der Waals surface area contributed by atoms with Crippen LogP contribution in [0.2, 0.25) is 0 Å². The standard InChI is InChI=1S/C17H26N2O3/c1-12(2)19-16(21)17(3,4)15(20)18-10-9-13-7-6-8-14(11-13)22-5/h6-8,11-12H,9-10H2,1-5H3,(H,18,20)(H,19,21). The van der Waals surface area contributed by atoms with Gasteiger partial charge in [-0.05, 0) is 51.8 Å². The van der Waals surface area contributed by atoms with Gasteiger partial charge in [-0.2, -0.15) is 0 Å². The molecule has 1 aromatic carbocycles. The Morgan fingerprint density at radius 1 is 1.23 bits per heavy atom. The van der Waals surface area contributed by atoms with E-state index in [4.69, 9.17) is 4.74 Å². The van der Waals surface area contributed by atoms with Crippen molar-refractivity contribution in [3.05, 3.63) is 29.8 Å². The van der Waals surface area contributed by atoms with E-state index in [2.05, 4.69) is 10.6 Å². The summed E-state index contributed by atoms with van der Waals surface area (Å²) >= 11 is 0. The lowest BCUT2D eigenvalue weighted by Crippen LogP contribution is -2.49. The lowest BCUT2D eigenvalue weighted by Gasteiger charge is -2.24. The highest BCUT2D eigenvalue weighted by molar-refractivity contribution is 6.04. The number of nitrogens with one attached hydrogen (secondary N) is 2. The van der Waals surface area contributed by atoms with E-state index in [-0.39, 0.29) is 17.9 Å². The number of hydrogen-bond donors (Lipinski definition) is 2. The van der Waals surface area contributed by atoms with E-state index in [0.29, 0.717) is 13.0 Å². The summed E-state index contributed by atoms with van der Waals surface area (Å²) in [5.41, 5.74) is -0.0114. The maximum Gasteiger partial charge on any atom is 0.235 e. The molecule has 0 aliphatic carbocycles. The summed E-state index contributed by atoms with van der Waals surface area (Å²) in [4.78, 5) is 24.2. The second-order valence-corrected chi connectivity index (χ2v) is 6.11. The Kier molecular flexibility index (Phi) is 6.40. The van der Waals surface area contributed by atoms with Gasteiger partial charge in [0.15, 0.2) is 0 Å². The lowest BCUT2D eigenvalue weighted by atomic mass is 9.90. The Bertz CT molecular complexity index is 524. The average Bonchev–Trinajstić information content (AvgIpc) is 2.46. The van der Waals surface area contributed by atoms with Crippen molar-refractivity contribution >= 4 is 11.8 Å². The summed E-state index contributed by atoms with van der Waals surface area (Å²) in [5.74, 6) is 0.260. The zero-order valence-electron chi connectivity index (χ0n) is 14.0. The van der Waals surface area contributed by atoms with Crippen LogP contribution in [-0.4, -0.2) is 31.5 Å². The molecule has 2 amide bonds. The molecule has 1 rings (SSSR count). The van der Waals surface area contributed by atoms with Gasteiger partial charge < -0.3 is 15.4 Å². The van der Waals surface area contributed by atoms with Crippen molar-refractivity contribution in [3.63, 3.8) is 0 Å². The van der Waals surface area contributed by atoms with Crippen LogP contribution in [0.25, 0.3) is 0 Å². The molecule has 0 aliphatic rings. The fraction of sp³-hybridized carbons (Fsp3) is 0.529. The molecule has 0 aliphatic heterocycles. The fourth-order valence-corrected chi connectivity index (χ4v) is 1.92. The van der Waals surface area contributed by atoms with E-state index in [1.54, 1.807) is 21.0 Å². The second kappa shape index (κ2) is 7.82. The minimum atomic E-state index is -1.08. The van der Waals surface area contributed by atoms with Crippen molar-refractivity contribution in [2.45, 2.75) is 40.2 Å². The molecule has 2 N–H and O–H groups in total. The van der Waals surface area contributed by atoms with Crippen LogP contribution in [0.15, 0.2) is 24.3 Å². The molecule has 122 valence electrons. The minimum Gasteiger partial charge on any atom is -0.497 e. The van der Waals surface area contributed by atoms with E-state index >= 15 is 0 Å². The molecule has 0 saturated carbocycles. The number of carbonyl (C=O) groups is 2. The van der Waals surface area contributed by atoms with Gasteiger partial charge >= 0.3 is 0 Å². The molecule has 0 spiro atoms. The Labute approximate surface area is 132 Å². The topological polar surface area (TPSA) is 67.4 Å². The largest absolute Gasteiger partial charge is 0.497 e. The Hall–Kier alpha value is -2.04. The van der Waals surface area contributed by atoms with Crippen LogP contribution < -0.4 is 15.4 Å². The summed E-state index contributed by atoms with van der Waals surface area (Å²) < 4.78 is 5.16. The van der Waals surface area contributed by atoms with Crippen molar-refractivity contribution < 1.29 is 14.3 Å². The number of amides is 2. The zero-order valence-corrected chi connectivity index (χ0v) is 14.0. The molecule has 0 atom stereocenters. The first kappa shape index (κ1) is 18.0. The van der Waals surface area contributed by atoms with Crippen molar-refractivity contribution in [3.8, 4) is 5.75 Å². The molecule has 0 heterocycles. The predicted octanol–water partition coefficient (Wildman–Crippen LogP) is 1.90. The molecule has 5 nitrogen and oxygen atoms in total. The van der Waals surface area contributed by atoms with Crippen LogP contribution in [0.5, 0.6) is 5.75 Å². The number of benzene rings is 1. The summed E-state index contributed by atoms with van der Waals surface area (Å²) in [6.07, 6.45) is 0.685. The maximum atomic E-state index is 12.2. The molecule has 0 unspecified atom stereocenters. The Morgan fingerprint density at radius 3 is 2.50 bits per heavy atom. The molecule has 0 radical (unpaired) electrons. The highest BCUT2D eigenvalue weighted by Crippen LogP contribution is 2.16. The molecular formula is C17H26N2O3. The van der Waals surface area contributed by atoms with Gasteiger partial charge in [-0.25, -0.2) is 0 Å². The smallest absolute Gasteiger partial charge is 0.235 e. The zero-order chi connectivity index (χ0) is 16.8. The number of carbonyl (C=O) groups excluding carboxylic acids is 2. The van der Waals surface area contributed by atoms with Gasteiger partial charge in [0.1, 0.15) is 11.2 Å². The van der Waals surface area contributed by atoms with Gasteiger partial charge in [0.25, 0.3) is 0 Å². The molecule has 0 aromatic heterocycles. The number of rotatable bonds is 7. The van der Waals surface area contributed by atoms with E-state index in [1.165, 1.54) is 0 Å². The Balaban J connectivity index is 2.52. The van der Waals surface area contributed by atoms with Crippen molar-refractivity contribution in [2.75, 3.05) is 13.7 Å². The van der Waals surface area contributed by atoms with E-state index < -0.39 is 5.41 Å². The molecule has 0 bridgehead atoms. The van der Waals surface area contributed by atoms with Crippen LogP contribution in [-0.2, 0) is 16.0 Å². The fourth-order valence-electron chi connectivity index (χ4n) is 1.92. The molecule has 0 saturated heterocycles. The number of ether oxygens (including phenoxy) is 1. The summed E-state index contributed by atoms with van der Waals surface area (Å²) in [6.45, 7) is 7.48. The van der Waals surface area contributed by atoms with Crippen LogP contribution in [0.4, 0.5) is 0 Å². The van der Waals surface area contributed by atoms with Gasteiger partial charge in [0, 0.05) is 12.6 Å². The van der Waals surface area contributed by atoms with Crippen molar-refractivity contribution in [1.29, 1.82) is 0 Å². The number of methoxy groups -OCH3 is 1. The van der Waals surface area contributed by atoms with E-state index in [0.717, 1.165) is 11.3 Å². The highest BCUT2D eigenvalue weighted by atomic mass is 16.5. The van der Waals surface area contributed by atoms with Crippen molar-refractivity contribution in [2.24, 2.45) is 5.41 Å².